The maximum Gasteiger partial charge on any atom is 0.435 e. The van der Waals surface area contributed by atoms with Crippen molar-refractivity contribution < 1.29 is 13.2 Å². The van der Waals surface area contributed by atoms with Crippen molar-refractivity contribution in [1.82, 2.24) is 9.38 Å². The zero-order chi connectivity index (χ0) is 17.1. The molecule has 3 nitrogen and oxygen atoms in total. The minimum absolute atomic E-state index is 0.0128. The molecule has 6 heteroatoms. The quantitative estimate of drug-likeness (QED) is 0.646. The van der Waals surface area contributed by atoms with Crippen LogP contribution in [0.1, 0.15) is 22.4 Å². The first-order valence-corrected chi connectivity index (χ1v) is 7.78. The lowest BCUT2D eigenvalue weighted by Crippen LogP contribution is -2.20. The second-order valence-corrected chi connectivity index (χ2v) is 6.20. The summed E-state index contributed by atoms with van der Waals surface area (Å²) >= 11 is 0. The molecule has 124 valence electrons. The highest BCUT2D eigenvalue weighted by atomic mass is 19.4. The van der Waals surface area contributed by atoms with Crippen molar-refractivity contribution in [3.05, 3.63) is 58.9 Å². The van der Waals surface area contributed by atoms with Gasteiger partial charge >= 0.3 is 6.18 Å². The molecule has 4 rings (SSSR count). The highest BCUT2D eigenvalue weighted by Gasteiger charge is 2.41. The molecule has 0 amide bonds. The molecular formula is C18H16F3N3. The van der Waals surface area contributed by atoms with E-state index in [2.05, 4.69) is 4.98 Å². The molecule has 1 aromatic carbocycles. The number of benzene rings is 1. The third-order valence-corrected chi connectivity index (χ3v) is 4.48. The van der Waals surface area contributed by atoms with Crippen LogP contribution in [0.4, 0.5) is 24.7 Å². The topological polar surface area (TPSA) is 20.5 Å². The Balaban J connectivity index is 1.99. The minimum Gasteiger partial charge on any atom is -0.324 e. The van der Waals surface area contributed by atoms with Gasteiger partial charge < -0.3 is 4.90 Å². The zero-order valence-corrected chi connectivity index (χ0v) is 13.4. The summed E-state index contributed by atoms with van der Waals surface area (Å²) in [6.07, 6.45) is -2.31. The maximum atomic E-state index is 13.8. The van der Waals surface area contributed by atoms with Crippen LogP contribution in [0, 0.1) is 13.8 Å². The lowest BCUT2D eigenvalue weighted by molar-refractivity contribution is -0.141. The molecule has 0 bridgehead atoms. The van der Waals surface area contributed by atoms with Crippen molar-refractivity contribution in [2.45, 2.75) is 26.4 Å². The Labute approximate surface area is 137 Å². The van der Waals surface area contributed by atoms with Crippen molar-refractivity contribution in [2.75, 3.05) is 11.4 Å². The van der Waals surface area contributed by atoms with Crippen LogP contribution in [0.15, 0.2) is 36.5 Å². The Morgan fingerprint density at radius 2 is 1.92 bits per heavy atom. The summed E-state index contributed by atoms with van der Waals surface area (Å²) in [7, 11) is 0. The number of imidazole rings is 1. The highest BCUT2D eigenvalue weighted by Crippen LogP contribution is 2.43. The number of nitrogens with zero attached hydrogens (tertiary/aromatic N) is 3. The zero-order valence-electron chi connectivity index (χ0n) is 13.4. The molecule has 1 aliphatic rings. The van der Waals surface area contributed by atoms with E-state index in [0.717, 1.165) is 33.2 Å². The number of pyridine rings is 1. The van der Waals surface area contributed by atoms with E-state index in [4.69, 9.17) is 0 Å². The molecular weight excluding hydrogens is 315 g/mol. The van der Waals surface area contributed by atoms with Crippen molar-refractivity contribution in [3.8, 4) is 0 Å². The summed E-state index contributed by atoms with van der Waals surface area (Å²) in [5.41, 5.74) is 3.37. The molecule has 0 N–H and O–H groups in total. The Hall–Kier alpha value is -2.50. The average Bonchev–Trinajstić information content (AvgIpc) is 3.07. The van der Waals surface area contributed by atoms with Crippen LogP contribution < -0.4 is 4.90 Å². The number of halogens is 3. The number of aromatic nitrogens is 2. The van der Waals surface area contributed by atoms with E-state index in [9.17, 15) is 13.2 Å². The second-order valence-electron chi connectivity index (χ2n) is 6.20. The molecule has 1 aliphatic heterocycles. The van der Waals surface area contributed by atoms with Crippen LogP contribution >= 0.6 is 0 Å². The first-order valence-electron chi connectivity index (χ1n) is 7.78. The van der Waals surface area contributed by atoms with E-state index in [1.54, 1.807) is 17.0 Å². The van der Waals surface area contributed by atoms with Gasteiger partial charge in [0.1, 0.15) is 5.65 Å². The summed E-state index contributed by atoms with van der Waals surface area (Å²) in [5, 5.41) is 0. The Bertz CT molecular complexity index is 941. The Morgan fingerprint density at radius 3 is 2.67 bits per heavy atom. The largest absolute Gasteiger partial charge is 0.435 e. The van der Waals surface area contributed by atoms with Crippen molar-refractivity contribution in [3.63, 3.8) is 0 Å². The molecule has 0 fully saturated rings. The van der Waals surface area contributed by atoms with Crippen molar-refractivity contribution >= 4 is 17.2 Å². The number of rotatable bonds is 1. The van der Waals surface area contributed by atoms with Crippen LogP contribution in [-0.4, -0.2) is 15.9 Å². The normalized spacial score (nSPS) is 14.5. The average molecular weight is 331 g/mol. The Kier molecular flexibility index (Phi) is 3.13. The van der Waals surface area contributed by atoms with Crippen molar-refractivity contribution in [2.24, 2.45) is 0 Å². The van der Waals surface area contributed by atoms with Gasteiger partial charge in [0.25, 0.3) is 0 Å². The number of aryl methyl sites for hydroxylation is 2. The molecule has 0 saturated heterocycles. The van der Waals surface area contributed by atoms with Gasteiger partial charge in [-0.15, -0.1) is 0 Å². The van der Waals surface area contributed by atoms with Gasteiger partial charge in [-0.25, -0.2) is 4.98 Å². The molecule has 0 atom stereocenters. The predicted octanol–water partition coefficient (Wildman–Crippen LogP) is 4.66. The monoisotopic (exact) mass is 331 g/mol. The van der Waals surface area contributed by atoms with E-state index in [0.29, 0.717) is 12.2 Å². The summed E-state index contributed by atoms with van der Waals surface area (Å²) in [6, 6.07) is 9.17. The summed E-state index contributed by atoms with van der Waals surface area (Å²) in [5.74, 6) is -0.0128. The third kappa shape index (κ3) is 2.17. The highest BCUT2D eigenvalue weighted by molar-refractivity contribution is 5.74. The molecule has 0 saturated carbocycles. The van der Waals surface area contributed by atoms with Gasteiger partial charge in [0.15, 0.2) is 11.5 Å². The second kappa shape index (κ2) is 5.00. The van der Waals surface area contributed by atoms with Gasteiger partial charge in [-0.1, -0.05) is 18.2 Å². The molecule has 0 aliphatic carbocycles. The van der Waals surface area contributed by atoms with Crippen LogP contribution in [0.3, 0.4) is 0 Å². The molecule has 24 heavy (non-hydrogen) atoms. The van der Waals surface area contributed by atoms with E-state index >= 15 is 0 Å². The maximum absolute atomic E-state index is 13.8. The molecule has 3 heterocycles. The SMILES string of the molecule is Cc1ccn2c(C(F)(F)F)c(N3CCc4cccc(C)c43)nc2c1. The fraction of sp³-hybridized carbons (Fsp3) is 0.278. The smallest absolute Gasteiger partial charge is 0.324 e. The van der Waals surface area contributed by atoms with Crippen LogP contribution in [0.2, 0.25) is 0 Å². The van der Waals surface area contributed by atoms with Crippen molar-refractivity contribution in [1.29, 1.82) is 0 Å². The van der Waals surface area contributed by atoms with Gasteiger partial charge in [-0.2, -0.15) is 13.2 Å². The first kappa shape index (κ1) is 15.1. The lowest BCUT2D eigenvalue weighted by Gasteiger charge is -2.21. The molecule has 0 spiro atoms. The van der Waals surface area contributed by atoms with Gasteiger partial charge in [0.2, 0.25) is 0 Å². The standard InChI is InChI=1S/C18H16F3N3/c1-11-6-8-23-14(10-11)22-17(16(23)18(19,20)21)24-9-7-13-5-3-4-12(2)15(13)24/h3-6,8,10H,7,9H2,1-2H3. The van der Waals surface area contributed by atoms with E-state index in [1.807, 2.05) is 32.0 Å². The number of fused-ring (bicyclic) bond motifs is 2. The molecule has 3 aromatic rings. The van der Waals surface area contributed by atoms with Crippen LogP contribution in [0.25, 0.3) is 5.65 Å². The number of anilines is 2. The third-order valence-electron chi connectivity index (χ3n) is 4.48. The number of hydrogen-bond acceptors (Lipinski definition) is 2. The van der Waals surface area contributed by atoms with Crippen LogP contribution in [-0.2, 0) is 12.6 Å². The van der Waals surface area contributed by atoms with E-state index < -0.39 is 11.9 Å². The molecule has 2 aromatic heterocycles. The number of hydrogen-bond donors (Lipinski definition) is 0. The lowest BCUT2D eigenvalue weighted by atomic mass is 10.1. The molecule has 0 radical (unpaired) electrons. The van der Waals surface area contributed by atoms with E-state index in [1.165, 1.54) is 6.20 Å². The van der Waals surface area contributed by atoms with Gasteiger partial charge in [0.05, 0.1) is 0 Å². The van der Waals surface area contributed by atoms with Gasteiger partial charge in [-0.05, 0) is 49.1 Å². The van der Waals surface area contributed by atoms with E-state index in [-0.39, 0.29) is 5.82 Å². The minimum atomic E-state index is -4.48. The fourth-order valence-corrected chi connectivity index (χ4v) is 3.45. The van der Waals surface area contributed by atoms with Gasteiger partial charge in [-0.3, -0.25) is 4.40 Å². The van der Waals surface area contributed by atoms with Gasteiger partial charge in [0, 0.05) is 18.4 Å². The Morgan fingerprint density at radius 1 is 1.12 bits per heavy atom. The molecule has 0 unspecified atom stereocenters. The summed E-state index contributed by atoms with van der Waals surface area (Å²) in [6.45, 7) is 4.27. The summed E-state index contributed by atoms with van der Waals surface area (Å²) in [4.78, 5) is 6.04. The first-order chi connectivity index (χ1) is 11.4. The number of para-hydroxylation sites is 1. The van der Waals surface area contributed by atoms with Crippen LogP contribution in [0.5, 0.6) is 0 Å². The number of alkyl halides is 3. The summed E-state index contributed by atoms with van der Waals surface area (Å²) < 4.78 is 42.4. The predicted molar refractivity (Wildman–Crippen MR) is 86.8 cm³/mol. The fourth-order valence-electron chi connectivity index (χ4n) is 3.45.